The molecule has 1 aromatic carbocycles. The molecule has 3 nitrogen and oxygen atoms in total. The van der Waals surface area contributed by atoms with Crippen LogP contribution >= 0.6 is 11.6 Å². The quantitative estimate of drug-likeness (QED) is 0.926. The van der Waals surface area contributed by atoms with Gasteiger partial charge in [-0.1, -0.05) is 36.6 Å². The summed E-state index contributed by atoms with van der Waals surface area (Å²) in [7, 11) is 2.05. The number of likely N-dealkylation sites (N-methyl/N-ethyl adjacent to an activating group) is 1. The third-order valence-electron chi connectivity index (χ3n) is 3.95. The van der Waals surface area contributed by atoms with Crippen molar-refractivity contribution in [2.45, 2.75) is 38.1 Å². The van der Waals surface area contributed by atoms with Crippen LogP contribution < -0.4 is 5.32 Å². The zero-order chi connectivity index (χ0) is 14.4. The van der Waals surface area contributed by atoms with Gasteiger partial charge in [-0.15, -0.1) is 0 Å². The number of rotatable bonds is 4. The lowest BCUT2D eigenvalue weighted by molar-refractivity contribution is -0.126. The fourth-order valence-corrected chi connectivity index (χ4v) is 2.81. The van der Waals surface area contributed by atoms with Gasteiger partial charge in [0.2, 0.25) is 5.91 Å². The van der Waals surface area contributed by atoms with Gasteiger partial charge in [0.1, 0.15) is 0 Å². The molecule has 0 aromatic heterocycles. The van der Waals surface area contributed by atoms with Crippen LogP contribution in [0.3, 0.4) is 0 Å². The van der Waals surface area contributed by atoms with E-state index in [0.717, 1.165) is 30.8 Å². The number of nitrogens with one attached hydrogen (secondary N) is 1. The zero-order valence-corrected chi connectivity index (χ0v) is 12.8. The summed E-state index contributed by atoms with van der Waals surface area (Å²) >= 11 is 5.85. The molecule has 0 spiro atoms. The van der Waals surface area contributed by atoms with Crippen LogP contribution in [0.15, 0.2) is 24.3 Å². The number of nitrogens with zero attached hydrogens (tertiary/aromatic N) is 1. The van der Waals surface area contributed by atoms with Crippen LogP contribution in [-0.2, 0) is 11.2 Å². The minimum atomic E-state index is 0.0442. The van der Waals surface area contributed by atoms with E-state index in [2.05, 4.69) is 17.3 Å². The number of benzene rings is 1. The number of carbonyl (C=O) groups is 1. The van der Waals surface area contributed by atoms with E-state index in [1.807, 2.05) is 24.3 Å². The number of hydrogen-bond acceptors (Lipinski definition) is 2. The Morgan fingerprint density at radius 1 is 1.30 bits per heavy atom. The molecule has 1 aliphatic heterocycles. The molecular weight excluding hydrogens is 272 g/mol. The number of halogens is 1. The van der Waals surface area contributed by atoms with E-state index >= 15 is 0 Å². The van der Waals surface area contributed by atoms with Crippen LogP contribution in [0.4, 0.5) is 0 Å². The Bertz CT molecular complexity index is 433. The fourth-order valence-electron chi connectivity index (χ4n) is 2.68. The average molecular weight is 295 g/mol. The van der Waals surface area contributed by atoms with Gasteiger partial charge in [0, 0.05) is 11.6 Å². The maximum absolute atomic E-state index is 12.2. The lowest BCUT2D eigenvalue weighted by Gasteiger charge is -2.24. The zero-order valence-electron chi connectivity index (χ0n) is 12.1. The molecule has 1 saturated heterocycles. The van der Waals surface area contributed by atoms with Crippen molar-refractivity contribution in [3.05, 3.63) is 34.9 Å². The Kier molecular flexibility index (Phi) is 5.86. The molecule has 0 bridgehead atoms. The molecule has 2 rings (SSSR count). The van der Waals surface area contributed by atoms with Gasteiger partial charge < -0.3 is 5.32 Å². The topological polar surface area (TPSA) is 32.3 Å². The first kappa shape index (κ1) is 15.3. The Labute approximate surface area is 126 Å². The van der Waals surface area contributed by atoms with Crippen molar-refractivity contribution >= 4 is 17.5 Å². The molecule has 1 amide bonds. The summed E-state index contributed by atoms with van der Waals surface area (Å²) in [4.78, 5) is 14.4. The van der Waals surface area contributed by atoms with Gasteiger partial charge in [0.05, 0.1) is 6.04 Å². The molecule has 4 heteroatoms. The van der Waals surface area contributed by atoms with E-state index < -0.39 is 0 Å². The first-order chi connectivity index (χ1) is 9.66. The summed E-state index contributed by atoms with van der Waals surface area (Å²) in [6.07, 6.45) is 5.41. The second-order valence-electron chi connectivity index (χ2n) is 5.51. The van der Waals surface area contributed by atoms with Crippen LogP contribution in [0.2, 0.25) is 5.02 Å². The second kappa shape index (κ2) is 7.65. The highest BCUT2D eigenvalue weighted by atomic mass is 35.5. The lowest BCUT2D eigenvalue weighted by atomic mass is 10.1. The SMILES string of the molecule is CN1CCCCCC1C(=O)NCCc1ccc(Cl)cc1. The van der Waals surface area contributed by atoms with Crippen molar-refractivity contribution in [2.24, 2.45) is 0 Å². The van der Waals surface area contributed by atoms with Crippen LogP contribution in [0.5, 0.6) is 0 Å². The molecule has 0 saturated carbocycles. The molecule has 0 aliphatic carbocycles. The summed E-state index contributed by atoms with van der Waals surface area (Å²) in [6.45, 7) is 1.71. The molecule has 20 heavy (non-hydrogen) atoms. The van der Waals surface area contributed by atoms with Gasteiger partial charge >= 0.3 is 0 Å². The Hall–Kier alpha value is -1.06. The third-order valence-corrected chi connectivity index (χ3v) is 4.20. The van der Waals surface area contributed by atoms with Crippen molar-refractivity contribution in [3.63, 3.8) is 0 Å². The van der Waals surface area contributed by atoms with Crippen molar-refractivity contribution in [2.75, 3.05) is 20.1 Å². The fraction of sp³-hybridized carbons (Fsp3) is 0.562. The normalized spacial score (nSPS) is 20.4. The van der Waals surface area contributed by atoms with Crippen molar-refractivity contribution < 1.29 is 4.79 Å². The van der Waals surface area contributed by atoms with Gasteiger partial charge in [0.25, 0.3) is 0 Å². The summed E-state index contributed by atoms with van der Waals surface area (Å²) in [6, 6.07) is 7.83. The van der Waals surface area contributed by atoms with Gasteiger partial charge in [-0.05, 0) is 50.6 Å². The highest BCUT2D eigenvalue weighted by Gasteiger charge is 2.23. The molecule has 0 radical (unpaired) electrons. The summed E-state index contributed by atoms with van der Waals surface area (Å²) in [5, 5.41) is 3.81. The third kappa shape index (κ3) is 4.50. The minimum absolute atomic E-state index is 0.0442. The van der Waals surface area contributed by atoms with Crippen molar-refractivity contribution in [1.29, 1.82) is 0 Å². The predicted molar refractivity (Wildman–Crippen MR) is 83.1 cm³/mol. The molecule has 1 atom stereocenters. The molecule has 1 fully saturated rings. The maximum atomic E-state index is 12.2. The average Bonchev–Trinajstić information content (AvgIpc) is 2.65. The largest absolute Gasteiger partial charge is 0.354 e. The molecule has 1 aliphatic rings. The molecular formula is C16H23ClN2O. The Morgan fingerprint density at radius 2 is 2.05 bits per heavy atom. The van der Waals surface area contributed by atoms with Crippen LogP contribution in [-0.4, -0.2) is 37.0 Å². The van der Waals surface area contributed by atoms with E-state index in [0.29, 0.717) is 6.54 Å². The summed E-state index contributed by atoms with van der Waals surface area (Å²) < 4.78 is 0. The second-order valence-corrected chi connectivity index (χ2v) is 5.95. The first-order valence-electron chi connectivity index (χ1n) is 7.39. The maximum Gasteiger partial charge on any atom is 0.237 e. The highest BCUT2D eigenvalue weighted by molar-refractivity contribution is 6.30. The summed E-state index contributed by atoms with van der Waals surface area (Å²) in [5.74, 6) is 0.170. The summed E-state index contributed by atoms with van der Waals surface area (Å²) in [5.41, 5.74) is 1.20. The molecule has 110 valence electrons. The van der Waals surface area contributed by atoms with Crippen LogP contribution in [0, 0.1) is 0 Å². The predicted octanol–water partition coefficient (Wildman–Crippen LogP) is 2.87. The first-order valence-corrected chi connectivity index (χ1v) is 7.77. The molecule has 1 N–H and O–H groups in total. The number of hydrogen-bond donors (Lipinski definition) is 1. The standard InChI is InChI=1S/C16H23ClN2O/c1-19-12-4-2-3-5-15(19)16(20)18-11-10-13-6-8-14(17)9-7-13/h6-9,15H,2-5,10-12H2,1H3,(H,18,20). The number of amides is 1. The van der Waals surface area contributed by atoms with Crippen LogP contribution in [0.25, 0.3) is 0 Å². The number of carbonyl (C=O) groups excluding carboxylic acids is 1. The van der Waals surface area contributed by atoms with E-state index in [-0.39, 0.29) is 11.9 Å². The molecule has 1 heterocycles. The van der Waals surface area contributed by atoms with E-state index in [1.165, 1.54) is 18.4 Å². The van der Waals surface area contributed by atoms with Crippen molar-refractivity contribution in [1.82, 2.24) is 10.2 Å². The lowest BCUT2D eigenvalue weighted by Crippen LogP contribution is -2.45. The number of likely N-dealkylation sites (tertiary alicyclic amines) is 1. The minimum Gasteiger partial charge on any atom is -0.354 e. The smallest absolute Gasteiger partial charge is 0.237 e. The van der Waals surface area contributed by atoms with Crippen molar-refractivity contribution in [3.8, 4) is 0 Å². The monoisotopic (exact) mass is 294 g/mol. The van der Waals surface area contributed by atoms with Gasteiger partial charge in [-0.25, -0.2) is 0 Å². The molecule has 1 unspecified atom stereocenters. The van der Waals surface area contributed by atoms with Gasteiger partial charge in [0.15, 0.2) is 0 Å². The highest BCUT2D eigenvalue weighted by Crippen LogP contribution is 2.15. The Morgan fingerprint density at radius 3 is 2.80 bits per heavy atom. The van der Waals surface area contributed by atoms with Gasteiger partial charge in [-0.2, -0.15) is 0 Å². The Balaban J connectivity index is 1.78. The van der Waals surface area contributed by atoms with E-state index in [4.69, 9.17) is 11.6 Å². The molecule has 1 aromatic rings. The van der Waals surface area contributed by atoms with E-state index in [1.54, 1.807) is 0 Å². The van der Waals surface area contributed by atoms with E-state index in [9.17, 15) is 4.79 Å². The van der Waals surface area contributed by atoms with Crippen LogP contribution in [0.1, 0.15) is 31.2 Å². The van der Waals surface area contributed by atoms with Gasteiger partial charge in [-0.3, -0.25) is 9.69 Å².